The van der Waals surface area contributed by atoms with Gasteiger partial charge in [-0.05, 0) is 19.8 Å². The highest BCUT2D eigenvalue weighted by Gasteiger charge is 2.26. The average molecular weight is 154 g/mol. The van der Waals surface area contributed by atoms with Gasteiger partial charge >= 0.3 is 0 Å². The first kappa shape index (κ1) is 8.57. The maximum absolute atomic E-state index is 10.7. The van der Waals surface area contributed by atoms with E-state index in [0.29, 0.717) is 0 Å². The van der Waals surface area contributed by atoms with Crippen LogP contribution in [0, 0.1) is 6.92 Å². The maximum atomic E-state index is 10.7. The Balaban J connectivity index is 2.43. The number of carbonyl (C=O) groups is 1. The summed E-state index contributed by atoms with van der Waals surface area (Å²) in [6.45, 7) is 5.43. The molecule has 11 heavy (non-hydrogen) atoms. The highest BCUT2D eigenvalue weighted by Crippen LogP contribution is 2.27. The molecule has 1 saturated carbocycles. The Morgan fingerprint density at radius 2 is 1.91 bits per heavy atom. The first-order chi connectivity index (χ1) is 5.12. The second kappa shape index (κ2) is 3.24. The summed E-state index contributed by atoms with van der Waals surface area (Å²) in [6.07, 6.45) is 5.98. The minimum Gasteiger partial charge on any atom is -0.351 e. The van der Waals surface area contributed by atoms with E-state index in [9.17, 15) is 4.79 Å². The van der Waals surface area contributed by atoms with Crippen molar-refractivity contribution in [1.29, 1.82) is 0 Å². The second-order valence-electron chi connectivity index (χ2n) is 3.67. The molecule has 1 amide bonds. The summed E-state index contributed by atoms with van der Waals surface area (Å²) >= 11 is 0. The minimum atomic E-state index is -0.144. The van der Waals surface area contributed by atoms with Crippen molar-refractivity contribution in [3.8, 4) is 0 Å². The van der Waals surface area contributed by atoms with Crippen LogP contribution in [0.25, 0.3) is 0 Å². The third kappa shape index (κ3) is 2.52. The zero-order valence-electron chi connectivity index (χ0n) is 7.15. The Morgan fingerprint density at radius 3 is 2.36 bits per heavy atom. The van der Waals surface area contributed by atoms with Crippen LogP contribution >= 0.6 is 0 Å². The molecule has 0 aromatic carbocycles. The molecular weight excluding hydrogens is 138 g/mol. The molecule has 2 nitrogen and oxygen atoms in total. The van der Waals surface area contributed by atoms with E-state index in [1.165, 1.54) is 19.3 Å². The van der Waals surface area contributed by atoms with Crippen LogP contribution in [0.5, 0.6) is 0 Å². The van der Waals surface area contributed by atoms with Gasteiger partial charge in [-0.25, -0.2) is 0 Å². The monoisotopic (exact) mass is 154 g/mol. The van der Waals surface area contributed by atoms with Crippen molar-refractivity contribution in [2.45, 2.75) is 44.6 Å². The van der Waals surface area contributed by atoms with Gasteiger partial charge in [-0.2, -0.15) is 0 Å². The van der Waals surface area contributed by atoms with E-state index in [1.54, 1.807) is 0 Å². The zero-order chi connectivity index (χ0) is 8.32. The third-order valence-corrected chi connectivity index (χ3v) is 2.40. The molecule has 1 aliphatic rings. The van der Waals surface area contributed by atoms with Crippen molar-refractivity contribution < 1.29 is 4.79 Å². The Kier molecular flexibility index (Phi) is 2.53. The number of carbonyl (C=O) groups excluding carboxylic acids is 1. The van der Waals surface area contributed by atoms with Crippen LogP contribution in [0.15, 0.2) is 0 Å². The van der Waals surface area contributed by atoms with Crippen LogP contribution in [-0.4, -0.2) is 11.4 Å². The Bertz CT molecular complexity index is 148. The van der Waals surface area contributed by atoms with Gasteiger partial charge < -0.3 is 5.32 Å². The van der Waals surface area contributed by atoms with Gasteiger partial charge in [0.1, 0.15) is 0 Å². The van der Waals surface area contributed by atoms with Crippen LogP contribution in [0.4, 0.5) is 0 Å². The average Bonchev–Trinajstić information content (AvgIpc) is 1.85. The molecule has 2 heteroatoms. The fourth-order valence-corrected chi connectivity index (χ4v) is 1.79. The standard InChI is InChI=1S/C9H16NO/c1-8(11)10-9(2)6-4-3-5-7-9/h1,3-7H2,2H3,(H,10,11). The molecule has 63 valence electrons. The topological polar surface area (TPSA) is 29.1 Å². The van der Waals surface area contributed by atoms with Gasteiger partial charge in [0.15, 0.2) is 0 Å². The zero-order valence-corrected chi connectivity index (χ0v) is 7.15. The second-order valence-corrected chi connectivity index (χ2v) is 3.67. The molecule has 1 aliphatic carbocycles. The summed E-state index contributed by atoms with van der Waals surface area (Å²) in [6, 6.07) is 0. The smallest absolute Gasteiger partial charge is 0.220 e. The lowest BCUT2D eigenvalue weighted by Crippen LogP contribution is -2.46. The van der Waals surface area contributed by atoms with Gasteiger partial charge in [-0.1, -0.05) is 19.3 Å². The summed E-state index contributed by atoms with van der Waals surface area (Å²) < 4.78 is 0. The number of hydrogen-bond acceptors (Lipinski definition) is 1. The SMILES string of the molecule is [CH2]C(=O)NC1(C)CCCCC1. The first-order valence-corrected chi connectivity index (χ1v) is 4.26. The van der Waals surface area contributed by atoms with Crippen LogP contribution < -0.4 is 5.32 Å². The summed E-state index contributed by atoms with van der Waals surface area (Å²) in [5, 5.41) is 2.91. The predicted molar refractivity (Wildman–Crippen MR) is 45.0 cm³/mol. The van der Waals surface area contributed by atoms with Crippen molar-refractivity contribution in [2.24, 2.45) is 0 Å². The van der Waals surface area contributed by atoms with E-state index >= 15 is 0 Å². The maximum Gasteiger partial charge on any atom is 0.220 e. The van der Waals surface area contributed by atoms with Gasteiger partial charge in [-0.15, -0.1) is 0 Å². The molecular formula is C9H16NO. The van der Waals surface area contributed by atoms with Gasteiger partial charge in [-0.3, -0.25) is 4.79 Å². The van der Waals surface area contributed by atoms with Crippen LogP contribution in [0.1, 0.15) is 39.0 Å². The Labute approximate surface area is 68.4 Å². The largest absolute Gasteiger partial charge is 0.351 e. The van der Waals surface area contributed by atoms with Crippen molar-refractivity contribution in [2.75, 3.05) is 0 Å². The lowest BCUT2D eigenvalue weighted by molar-refractivity contribution is -0.118. The van der Waals surface area contributed by atoms with Gasteiger partial charge in [0.2, 0.25) is 5.91 Å². The van der Waals surface area contributed by atoms with E-state index in [2.05, 4.69) is 19.2 Å². The van der Waals surface area contributed by atoms with E-state index in [4.69, 9.17) is 0 Å². The fraction of sp³-hybridized carbons (Fsp3) is 0.778. The molecule has 0 spiro atoms. The normalized spacial score (nSPS) is 22.7. The lowest BCUT2D eigenvalue weighted by atomic mass is 9.83. The molecule has 1 fully saturated rings. The summed E-state index contributed by atoms with van der Waals surface area (Å²) in [7, 11) is 0. The molecule has 0 bridgehead atoms. The Morgan fingerprint density at radius 1 is 1.36 bits per heavy atom. The first-order valence-electron chi connectivity index (χ1n) is 4.26. The molecule has 0 heterocycles. The van der Waals surface area contributed by atoms with E-state index < -0.39 is 0 Å². The number of nitrogens with one attached hydrogen (secondary N) is 1. The van der Waals surface area contributed by atoms with Crippen LogP contribution in [0.3, 0.4) is 0 Å². The molecule has 0 unspecified atom stereocenters. The van der Waals surface area contributed by atoms with Crippen LogP contribution in [0.2, 0.25) is 0 Å². The molecule has 1 N–H and O–H groups in total. The molecule has 0 atom stereocenters. The van der Waals surface area contributed by atoms with Crippen LogP contribution in [-0.2, 0) is 4.79 Å². The highest BCUT2D eigenvalue weighted by molar-refractivity contribution is 5.80. The third-order valence-electron chi connectivity index (χ3n) is 2.40. The molecule has 0 aliphatic heterocycles. The van der Waals surface area contributed by atoms with E-state index in [1.807, 2.05) is 0 Å². The van der Waals surface area contributed by atoms with Gasteiger partial charge in [0.25, 0.3) is 0 Å². The van der Waals surface area contributed by atoms with Gasteiger partial charge in [0, 0.05) is 12.5 Å². The summed E-state index contributed by atoms with van der Waals surface area (Å²) in [5.41, 5.74) is 0.0388. The van der Waals surface area contributed by atoms with E-state index in [-0.39, 0.29) is 11.4 Å². The Hall–Kier alpha value is -0.530. The molecule has 0 saturated heterocycles. The van der Waals surface area contributed by atoms with Gasteiger partial charge in [0.05, 0.1) is 0 Å². The quantitative estimate of drug-likeness (QED) is 0.611. The minimum absolute atomic E-state index is 0.0388. The van der Waals surface area contributed by atoms with Crippen molar-refractivity contribution in [3.05, 3.63) is 6.92 Å². The summed E-state index contributed by atoms with van der Waals surface area (Å²) in [4.78, 5) is 10.7. The molecule has 1 radical (unpaired) electrons. The summed E-state index contributed by atoms with van der Waals surface area (Å²) in [5.74, 6) is -0.144. The molecule has 0 aromatic rings. The van der Waals surface area contributed by atoms with Crippen molar-refractivity contribution in [3.63, 3.8) is 0 Å². The van der Waals surface area contributed by atoms with E-state index in [0.717, 1.165) is 12.8 Å². The van der Waals surface area contributed by atoms with Crippen molar-refractivity contribution >= 4 is 5.91 Å². The lowest BCUT2D eigenvalue weighted by Gasteiger charge is -2.34. The highest BCUT2D eigenvalue weighted by atomic mass is 16.1. The molecule has 1 rings (SSSR count). The number of amides is 1. The number of rotatable bonds is 1. The molecule has 0 aromatic heterocycles. The predicted octanol–water partition coefficient (Wildman–Crippen LogP) is 1.66. The fourth-order valence-electron chi connectivity index (χ4n) is 1.79. The van der Waals surface area contributed by atoms with Crippen molar-refractivity contribution in [1.82, 2.24) is 5.32 Å². The number of hydrogen-bond donors (Lipinski definition) is 1.